The summed E-state index contributed by atoms with van der Waals surface area (Å²) in [4.78, 5) is 60.3. The second kappa shape index (κ2) is 12.8. The van der Waals surface area contributed by atoms with Crippen LogP contribution in [0.3, 0.4) is 0 Å². The van der Waals surface area contributed by atoms with Crippen molar-refractivity contribution in [2.24, 2.45) is 17.8 Å². The van der Waals surface area contributed by atoms with E-state index in [2.05, 4.69) is 30.5 Å². The first-order valence-electron chi connectivity index (χ1n) is 17.3. The molecule has 7 rings (SSSR count). The molecule has 2 aromatic heterocycles. The van der Waals surface area contributed by atoms with Gasteiger partial charge in [-0.1, -0.05) is 38.1 Å². The van der Waals surface area contributed by atoms with Crippen molar-refractivity contribution in [1.29, 1.82) is 0 Å². The van der Waals surface area contributed by atoms with Gasteiger partial charge < -0.3 is 25.4 Å². The average Bonchev–Trinajstić information content (AvgIpc) is 3.86. The number of carbonyl (C=O) groups excluding carboxylic acids is 3. The molecule has 1 aromatic carbocycles. The number of nitrogens with one attached hydrogen (secondary N) is 3. The number of aromatic nitrogens is 4. The normalized spacial score (nSPS) is 31.4. The molecule has 16 nitrogen and oxygen atoms in total. The number of carbonyl (C=O) groups is 4. The molecule has 0 bridgehead atoms. The number of nitrogens with zero attached hydrogens (tertiary/aromatic N) is 5. The predicted molar refractivity (Wildman–Crippen MR) is 183 cm³/mol. The zero-order valence-corrected chi connectivity index (χ0v) is 29.4. The average molecular weight is 723 g/mol. The van der Waals surface area contributed by atoms with Crippen LogP contribution in [0.1, 0.15) is 65.7 Å². The third-order valence-electron chi connectivity index (χ3n) is 10.9. The van der Waals surface area contributed by atoms with E-state index >= 15 is 0 Å². The van der Waals surface area contributed by atoms with E-state index in [9.17, 15) is 32.7 Å². The van der Waals surface area contributed by atoms with Crippen LogP contribution in [0.5, 0.6) is 5.88 Å². The Morgan fingerprint density at radius 3 is 2.65 bits per heavy atom. The first-order valence-corrected chi connectivity index (χ1v) is 18.8. The molecule has 4 aliphatic rings. The lowest BCUT2D eigenvalue weighted by molar-refractivity contribution is -0.142. The number of para-hydroxylation sites is 1. The summed E-state index contributed by atoms with van der Waals surface area (Å²) in [6, 6.07) is 5.00. The van der Waals surface area contributed by atoms with Crippen LogP contribution in [0.15, 0.2) is 42.7 Å². The number of carboxylic acid groups (broad SMARTS) is 1. The lowest BCUT2D eigenvalue weighted by Gasteiger charge is -2.32. The molecule has 4 N–H and O–H groups in total. The van der Waals surface area contributed by atoms with E-state index in [1.165, 1.54) is 11.2 Å². The first-order chi connectivity index (χ1) is 24.2. The van der Waals surface area contributed by atoms with E-state index < -0.39 is 74.1 Å². The number of sulfonamides is 1. The Morgan fingerprint density at radius 1 is 1.14 bits per heavy atom. The van der Waals surface area contributed by atoms with Crippen molar-refractivity contribution in [3.05, 3.63) is 42.7 Å². The molecule has 7 atom stereocenters. The number of hydrogen-bond acceptors (Lipinski definition) is 10. The third-order valence-corrected chi connectivity index (χ3v) is 13.1. The van der Waals surface area contributed by atoms with Crippen LogP contribution in [-0.4, -0.2) is 96.8 Å². The maximum atomic E-state index is 14.4. The summed E-state index contributed by atoms with van der Waals surface area (Å²) in [5, 5.41) is 23.7. The smallest absolute Gasteiger partial charge is 0.405 e. The fourth-order valence-electron chi connectivity index (χ4n) is 7.47. The number of allylic oxidation sites excluding steroid dienone is 1. The van der Waals surface area contributed by atoms with Gasteiger partial charge in [-0.15, -0.1) is 10.2 Å². The Bertz CT molecular complexity index is 2050. The van der Waals surface area contributed by atoms with Gasteiger partial charge in [0.15, 0.2) is 0 Å². The van der Waals surface area contributed by atoms with E-state index in [-0.39, 0.29) is 37.0 Å². The minimum atomic E-state index is -4.00. The van der Waals surface area contributed by atoms with Crippen LogP contribution < -0.4 is 20.1 Å². The van der Waals surface area contributed by atoms with Crippen molar-refractivity contribution in [3.8, 4) is 5.88 Å². The molecular weight excluding hydrogens is 680 g/mol. The van der Waals surface area contributed by atoms with Crippen molar-refractivity contribution in [2.75, 3.05) is 6.54 Å². The third kappa shape index (κ3) is 6.47. The van der Waals surface area contributed by atoms with Gasteiger partial charge in [0.05, 0.1) is 22.2 Å². The fraction of sp³-hybridized carbons (Fsp3) is 0.559. The van der Waals surface area contributed by atoms with Crippen LogP contribution in [0, 0.1) is 17.8 Å². The topological polar surface area (TPSA) is 214 Å². The van der Waals surface area contributed by atoms with Gasteiger partial charge >= 0.3 is 6.09 Å². The zero-order valence-electron chi connectivity index (χ0n) is 28.6. The molecule has 0 spiro atoms. The van der Waals surface area contributed by atoms with E-state index in [0.29, 0.717) is 31.1 Å². The van der Waals surface area contributed by atoms with Crippen LogP contribution in [0.2, 0.25) is 0 Å². The molecule has 1 saturated heterocycles. The second-order valence-corrected chi connectivity index (χ2v) is 17.0. The van der Waals surface area contributed by atoms with Gasteiger partial charge in [-0.3, -0.25) is 23.5 Å². The van der Waals surface area contributed by atoms with E-state index in [4.69, 9.17) is 4.74 Å². The molecule has 2 saturated carbocycles. The summed E-state index contributed by atoms with van der Waals surface area (Å²) in [5.74, 6) is -2.35. The van der Waals surface area contributed by atoms with Crippen molar-refractivity contribution >= 4 is 50.5 Å². The number of amides is 4. The van der Waals surface area contributed by atoms with E-state index in [0.717, 1.165) is 11.9 Å². The maximum Gasteiger partial charge on any atom is 0.405 e. The molecule has 0 radical (unpaired) electrons. The van der Waals surface area contributed by atoms with E-state index in [1.807, 2.05) is 43.3 Å². The lowest BCUT2D eigenvalue weighted by Crippen LogP contribution is -2.59. The van der Waals surface area contributed by atoms with Gasteiger partial charge in [0.1, 0.15) is 30.1 Å². The molecule has 272 valence electrons. The highest BCUT2D eigenvalue weighted by molar-refractivity contribution is 7.91. The molecule has 17 heteroatoms. The minimum absolute atomic E-state index is 0.00932. The van der Waals surface area contributed by atoms with Crippen LogP contribution in [0.25, 0.3) is 16.7 Å². The van der Waals surface area contributed by atoms with Gasteiger partial charge in [-0.2, -0.15) is 4.98 Å². The van der Waals surface area contributed by atoms with Crippen molar-refractivity contribution < 1.29 is 37.4 Å². The summed E-state index contributed by atoms with van der Waals surface area (Å²) in [6.07, 6.45) is 6.11. The van der Waals surface area contributed by atoms with Gasteiger partial charge in [0.25, 0.3) is 11.7 Å². The quantitative estimate of drug-likeness (QED) is 0.271. The van der Waals surface area contributed by atoms with E-state index in [1.54, 1.807) is 18.2 Å². The van der Waals surface area contributed by atoms with Crippen molar-refractivity contribution in [2.45, 2.75) is 94.2 Å². The van der Waals surface area contributed by atoms with Crippen molar-refractivity contribution in [1.82, 2.24) is 39.8 Å². The standard InChI is InChI=1S/C34H42N8O8S/c1-19-8-4-5-9-21-16-34(21,30(45)40-51(48,49)33(3)12-13-33)38-27(43)25-15-22(17-41(25)29(44)26(20(2)14-19)36-32(46)47)50-28-23-10-6-7-11-24(23)42-18-35-39-31(42)37-28/h5-7,9-11,18-22,25-26,36H,4,8,12-17H2,1-3H3,(H,38,43)(H,40,45)(H,46,47)/b9-5-/t19-,20-,21-,22-,25+,26+,34-/m1/s1. The van der Waals surface area contributed by atoms with Gasteiger partial charge in [0.2, 0.25) is 27.7 Å². The summed E-state index contributed by atoms with van der Waals surface area (Å²) >= 11 is 0. The predicted octanol–water partition coefficient (Wildman–Crippen LogP) is 2.15. The Kier molecular flexibility index (Phi) is 8.66. The molecule has 2 aliphatic carbocycles. The number of ether oxygens (including phenoxy) is 1. The zero-order chi connectivity index (χ0) is 36.3. The highest BCUT2D eigenvalue weighted by Gasteiger charge is 2.63. The minimum Gasteiger partial charge on any atom is -0.472 e. The van der Waals surface area contributed by atoms with Crippen LogP contribution >= 0.6 is 0 Å². The molecule has 4 heterocycles. The summed E-state index contributed by atoms with van der Waals surface area (Å²) in [5.41, 5.74) is -0.818. The SMILES string of the molecule is C[C@@H]1CC/C=C\[C@@H]2C[C@@]2(C(=O)NS(=O)(=O)C2(C)CC2)NC(=O)[C@@H]2C[C@@H](Oc3nc4nncn4c4ccccc34)CN2C(=O)[C@@H](NC(=O)O)[C@H](C)C1. The molecule has 3 fully saturated rings. The highest BCUT2D eigenvalue weighted by Crippen LogP contribution is 2.47. The molecule has 4 amide bonds. The van der Waals surface area contributed by atoms with Crippen LogP contribution in [0.4, 0.5) is 4.79 Å². The second-order valence-electron chi connectivity index (χ2n) is 14.8. The van der Waals surface area contributed by atoms with Gasteiger partial charge in [-0.25, -0.2) is 13.2 Å². The summed E-state index contributed by atoms with van der Waals surface area (Å²) in [7, 11) is -4.00. The number of benzene rings is 1. The Hall–Kier alpha value is -4.80. The fourth-order valence-corrected chi connectivity index (χ4v) is 8.78. The molecule has 0 unspecified atom stereocenters. The highest BCUT2D eigenvalue weighted by atomic mass is 32.2. The molecule has 2 aliphatic heterocycles. The van der Waals surface area contributed by atoms with Crippen molar-refractivity contribution in [3.63, 3.8) is 0 Å². The van der Waals surface area contributed by atoms with Crippen LogP contribution in [-0.2, 0) is 24.4 Å². The Morgan fingerprint density at radius 2 is 1.90 bits per heavy atom. The molecule has 3 aromatic rings. The Labute approximate surface area is 294 Å². The lowest BCUT2D eigenvalue weighted by atomic mass is 9.88. The first kappa shape index (κ1) is 34.6. The monoisotopic (exact) mass is 722 g/mol. The Balaban J connectivity index is 1.23. The largest absolute Gasteiger partial charge is 0.472 e. The number of fused-ring (bicyclic) bond motifs is 5. The summed E-state index contributed by atoms with van der Waals surface area (Å²) in [6.45, 7) is 5.33. The van der Waals surface area contributed by atoms with Gasteiger partial charge in [0, 0.05) is 12.3 Å². The molecular formula is C34H42N8O8S. The summed E-state index contributed by atoms with van der Waals surface area (Å²) < 4.78 is 35.5. The van der Waals surface area contributed by atoms with Gasteiger partial charge in [-0.05, 0) is 69.4 Å². The number of rotatable bonds is 6. The maximum absolute atomic E-state index is 14.4. The molecule has 51 heavy (non-hydrogen) atoms. The number of hydrogen-bond donors (Lipinski definition) is 4.